The zero-order valence-corrected chi connectivity index (χ0v) is 13.9. The molecule has 1 unspecified atom stereocenters. The summed E-state index contributed by atoms with van der Waals surface area (Å²) in [6.07, 6.45) is 0.651. The van der Waals surface area contributed by atoms with Gasteiger partial charge in [-0.2, -0.15) is 0 Å². The van der Waals surface area contributed by atoms with Gasteiger partial charge in [0.1, 0.15) is 5.82 Å². The molecule has 2 rings (SSSR count). The second kappa shape index (κ2) is 6.74. The molecule has 1 heterocycles. The van der Waals surface area contributed by atoms with E-state index in [2.05, 4.69) is 5.32 Å². The van der Waals surface area contributed by atoms with Crippen molar-refractivity contribution in [3.05, 3.63) is 29.0 Å². The lowest BCUT2D eigenvalue weighted by Crippen LogP contribution is -2.40. The summed E-state index contributed by atoms with van der Waals surface area (Å²) in [5.41, 5.74) is -0.378. The Bertz CT molecular complexity index is 621. The van der Waals surface area contributed by atoms with Gasteiger partial charge in [-0.25, -0.2) is 4.39 Å². The summed E-state index contributed by atoms with van der Waals surface area (Å²) in [6.45, 7) is 4.29. The van der Waals surface area contributed by atoms with Gasteiger partial charge in [0.25, 0.3) is 0 Å². The third-order valence-electron chi connectivity index (χ3n) is 4.00. The molecule has 0 bridgehead atoms. The van der Waals surface area contributed by atoms with Crippen molar-refractivity contribution in [3.63, 3.8) is 0 Å². The van der Waals surface area contributed by atoms with Crippen LogP contribution < -0.4 is 10.2 Å². The zero-order valence-electron chi connectivity index (χ0n) is 13.1. The molecular formula is C16H20ClFN2O3. The number of halogens is 2. The molecule has 126 valence electrons. The Hall–Kier alpha value is -1.82. The fourth-order valence-electron chi connectivity index (χ4n) is 2.55. The number of carboxylic acids is 1. The minimum atomic E-state index is -1.10. The first kappa shape index (κ1) is 17.5. The Morgan fingerprint density at radius 1 is 1.48 bits per heavy atom. The van der Waals surface area contributed by atoms with Gasteiger partial charge in [0.15, 0.2) is 0 Å². The molecule has 0 radical (unpaired) electrons. The molecular weight excluding hydrogens is 323 g/mol. The molecule has 1 aromatic rings. The van der Waals surface area contributed by atoms with Gasteiger partial charge in [-0.3, -0.25) is 9.59 Å². The highest BCUT2D eigenvalue weighted by Gasteiger charge is 2.32. The van der Waals surface area contributed by atoms with E-state index in [0.717, 1.165) is 12.1 Å². The molecule has 1 saturated heterocycles. The van der Waals surface area contributed by atoms with E-state index in [1.54, 1.807) is 6.07 Å². The normalized spacial score (nSPS) is 18.1. The van der Waals surface area contributed by atoms with Gasteiger partial charge in [0.2, 0.25) is 5.91 Å². The molecule has 0 saturated carbocycles. The van der Waals surface area contributed by atoms with Crippen LogP contribution >= 0.6 is 11.6 Å². The fraction of sp³-hybridized carbons (Fsp3) is 0.500. The van der Waals surface area contributed by atoms with Crippen molar-refractivity contribution in [1.29, 1.82) is 0 Å². The number of amides is 1. The lowest BCUT2D eigenvalue weighted by Gasteiger charge is -2.21. The van der Waals surface area contributed by atoms with Gasteiger partial charge >= 0.3 is 5.97 Å². The first-order valence-corrected chi connectivity index (χ1v) is 7.79. The van der Waals surface area contributed by atoms with Crippen LogP contribution in [0.4, 0.5) is 10.1 Å². The lowest BCUT2D eigenvalue weighted by molar-refractivity contribution is -0.149. The predicted molar refractivity (Wildman–Crippen MR) is 86.2 cm³/mol. The molecule has 1 aliphatic heterocycles. The summed E-state index contributed by atoms with van der Waals surface area (Å²) < 4.78 is 13.5. The Labute approximate surface area is 139 Å². The van der Waals surface area contributed by atoms with Crippen molar-refractivity contribution >= 4 is 29.2 Å². The SMILES string of the molecule is CC(C)(CC(=O)NC1CCN(c2ccc(Cl)c(F)c2)C1)C(=O)O. The molecule has 1 fully saturated rings. The van der Waals surface area contributed by atoms with Gasteiger partial charge in [-0.1, -0.05) is 11.6 Å². The summed E-state index contributed by atoms with van der Waals surface area (Å²) in [5, 5.41) is 12.0. The molecule has 1 atom stereocenters. The molecule has 0 aromatic heterocycles. The number of benzene rings is 1. The maximum atomic E-state index is 13.5. The van der Waals surface area contributed by atoms with Crippen LogP contribution in [0.15, 0.2) is 18.2 Å². The summed E-state index contributed by atoms with van der Waals surface area (Å²) in [6, 6.07) is 4.54. The predicted octanol–water partition coefficient (Wildman–Crippen LogP) is 2.67. The van der Waals surface area contributed by atoms with E-state index in [4.69, 9.17) is 16.7 Å². The third kappa shape index (κ3) is 4.34. The maximum absolute atomic E-state index is 13.5. The number of nitrogens with one attached hydrogen (secondary N) is 1. The monoisotopic (exact) mass is 342 g/mol. The Balaban J connectivity index is 1.91. The van der Waals surface area contributed by atoms with Crippen LogP contribution in [0.1, 0.15) is 26.7 Å². The highest BCUT2D eigenvalue weighted by Crippen LogP contribution is 2.25. The van der Waals surface area contributed by atoms with Gasteiger partial charge in [0, 0.05) is 31.2 Å². The molecule has 0 aliphatic carbocycles. The number of hydrogen-bond donors (Lipinski definition) is 2. The first-order chi connectivity index (χ1) is 10.7. The van der Waals surface area contributed by atoms with E-state index in [1.807, 2.05) is 4.90 Å². The van der Waals surface area contributed by atoms with Crippen LogP contribution in [0.2, 0.25) is 5.02 Å². The summed E-state index contributed by atoms with van der Waals surface area (Å²) in [4.78, 5) is 25.0. The van der Waals surface area contributed by atoms with Gasteiger partial charge in [-0.15, -0.1) is 0 Å². The standard InChI is InChI=1S/C16H20ClFN2O3/c1-16(2,15(22)23)8-14(21)19-10-5-6-20(9-10)11-3-4-12(17)13(18)7-11/h3-4,7,10H,5-6,8-9H2,1-2H3,(H,19,21)(H,22,23). The molecule has 5 nitrogen and oxygen atoms in total. The molecule has 1 aliphatic rings. The molecule has 7 heteroatoms. The first-order valence-electron chi connectivity index (χ1n) is 7.42. The van der Waals surface area contributed by atoms with Gasteiger partial charge in [-0.05, 0) is 38.5 Å². The summed E-state index contributed by atoms with van der Waals surface area (Å²) >= 11 is 5.67. The van der Waals surface area contributed by atoms with E-state index in [-0.39, 0.29) is 23.4 Å². The number of hydrogen-bond acceptors (Lipinski definition) is 3. The second-order valence-electron chi connectivity index (χ2n) is 6.46. The number of carbonyl (C=O) groups excluding carboxylic acids is 1. The van der Waals surface area contributed by atoms with Crippen LogP contribution in [0.5, 0.6) is 0 Å². The van der Waals surface area contributed by atoms with Crippen molar-refractivity contribution in [2.75, 3.05) is 18.0 Å². The van der Waals surface area contributed by atoms with Crippen LogP contribution in [-0.4, -0.2) is 36.1 Å². The van der Waals surface area contributed by atoms with Crippen LogP contribution in [-0.2, 0) is 9.59 Å². The molecule has 1 aromatic carbocycles. The van der Waals surface area contributed by atoms with E-state index in [1.165, 1.54) is 26.0 Å². The van der Waals surface area contributed by atoms with Crippen molar-refractivity contribution < 1.29 is 19.1 Å². The van der Waals surface area contributed by atoms with E-state index in [0.29, 0.717) is 13.1 Å². The topological polar surface area (TPSA) is 69.6 Å². The number of aliphatic carboxylic acids is 1. The van der Waals surface area contributed by atoms with Crippen molar-refractivity contribution in [3.8, 4) is 0 Å². The highest BCUT2D eigenvalue weighted by molar-refractivity contribution is 6.30. The van der Waals surface area contributed by atoms with Crippen LogP contribution in [0.3, 0.4) is 0 Å². The number of anilines is 1. The quantitative estimate of drug-likeness (QED) is 0.863. The molecule has 2 N–H and O–H groups in total. The van der Waals surface area contributed by atoms with Crippen molar-refractivity contribution in [1.82, 2.24) is 5.32 Å². The molecule has 0 spiro atoms. The summed E-state index contributed by atoms with van der Waals surface area (Å²) in [7, 11) is 0. The van der Waals surface area contributed by atoms with E-state index in [9.17, 15) is 14.0 Å². The fourth-order valence-corrected chi connectivity index (χ4v) is 2.67. The van der Waals surface area contributed by atoms with Crippen LogP contribution in [0, 0.1) is 11.2 Å². The number of nitrogens with zero attached hydrogens (tertiary/aromatic N) is 1. The number of carbonyl (C=O) groups is 2. The third-order valence-corrected chi connectivity index (χ3v) is 4.31. The highest BCUT2D eigenvalue weighted by atomic mass is 35.5. The van der Waals surface area contributed by atoms with Crippen LogP contribution in [0.25, 0.3) is 0 Å². The molecule has 23 heavy (non-hydrogen) atoms. The average Bonchev–Trinajstić information content (AvgIpc) is 2.89. The minimum Gasteiger partial charge on any atom is -0.481 e. The molecule has 1 amide bonds. The maximum Gasteiger partial charge on any atom is 0.309 e. The Kier molecular flexibility index (Phi) is 5.14. The van der Waals surface area contributed by atoms with Crippen molar-refractivity contribution in [2.45, 2.75) is 32.7 Å². The average molecular weight is 343 g/mol. The van der Waals surface area contributed by atoms with Gasteiger partial charge in [0.05, 0.1) is 10.4 Å². The zero-order chi connectivity index (χ0) is 17.2. The van der Waals surface area contributed by atoms with E-state index < -0.39 is 17.2 Å². The summed E-state index contributed by atoms with van der Waals surface area (Å²) in [5.74, 6) is -1.76. The number of carboxylic acid groups (broad SMARTS) is 1. The Morgan fingerprint density at radius 2 is 2.17 bits per heavy atom. The smallest absolute Gasteiger partial charge is 0.309 e. The van der Waals surface area contributed by atoms with Gasteiger partial charge < -0.3 is 15.3 Å². The Morgan fingerprint density at radius 3 is 2.78 bits per heavy atom. The second-order valence-corrected chi connectivity index (χ2v) is 6.87. The van der Waals surface area contributed by atoms with Crippen molar-refractivity contribution in [2.24, 2.45) is 5.41 Å². The van der Waals surface area contributed by atoms with E-state index >= 15 is 0 Å². The lowest BCUT2D eigenvalue weighted by atomic mass is 9.89. The minimum absolute atomic E-state index is 0.0750. The number of rotatable bonds is 5. The largest absolute Gasteiger partial charge is 0.481 e.